The van der Waals surface area contributed by atoms with Gasteiger partial charge in [0.15, 0.2) is 0 Å². The maximum absolute atomic E-state index is 5.32. The summed E-state index contributed by atoms with van der Waals surface area (Å²) >= 11 is 0. The molecule has 0 amide bonds. The zero-order chi connectivity index (χ0) is 10.2. The van der Waals surface area contributed by atoms with Crippen LogP contribution in [0.25, 0.3) is 0 Å². The Morgan fingerprint density at radius 1 is 1.64 bits per heavy atom. The molecule has 0 aromatic carbocycles. The summed E-state index contributed by atoms with van der Waals surface area (Å²) in [6, 6.07) is 0.200. The zero-order valence-electron chi connectivity index (χ0n) is 8.48. The maximum Gasteiger partial charge on any atom is 0.0692 e. The molecular formula is C10H16N4. The van der Waals surface area contributed by atoms with Crippen molar-refractivity contribution in [1.82, 2.24) is 20.3 Å². The lowest BCUT2D eigenvalue weighted by Gasteiger charge is -2.09. The van der Waals surface area contributed by atoms with Crippen molar-refractivity contribution in [2.24, 2.45) is 0 Å². The Morgan fingerprint density at radius 3 is 3.07 bits per heavy atom. The predicted octanol–water partition coefficient (Wildman–Crippen LogP) is 0.670. The Kier molecular flexibility index (Phi) is 4.73. The molecule has 1 aromatic heterocycles. The number of hydrogen-bond acceptors (Lipinski definition) is 3. The Labute approximate surface area is 84.7 Å². The fraction of sp³-hybridized carbons (Fsp3) is 0.600. The molecule has 1 unspecified atom stereocenters. The average Bonchev–Trinajstić information content (AvgIpc) is 2.71. The molecule has 1 rings (SSSR count). The van der Waals surface area contributed by atoms with Crippen molar-refractivity contribution >= 4 is 0 Å². The molecule has 4 heteroatoms. The molecule has 0 bridgehead atoms. The smallest absolute Gasteiger partial charge is 0.0692 e. The normalized spacial score (nSPS) is 12.3. The van der Waals surface area contributed by atoms with Gasteiger partial charge >= 0.3 is 0 Å². The van der Waals surface area contributed by atoms with Crippen molar-refractivity contribution in [3.05, 3.63) is 12.4 Å². The lowest BCUT2D eigenvalue weighted by atomic mass is 10.2. The van der Waals surface area contributed by atoms with Crippen LogP contribution in [-0.2, 0) is 6.54 Å². The van der Waals surface area contributed by atoms with Crippen LogP contribution in [0.1, 0.15) is 19.8 Å². The van der Waals surface area contributed by atoms with E-state index in [2.05, 4.69) is 28.5 Å². The van der Waals surface area contributed by atoms with Gasteiger partial charge in [-0.3, -0.25) is 4.68 Å². The molecule has 0 radical (unpaired) electrons. The van der Waals surface area contributed by atoms with Crippen molar-refractivity contribution in [2.75, 3.05) is 6.54 Å². The molecule has 0 aliphatic carbocycles. The van der Waals surface area contributed by atoms with Crippen LogP contribution in [0, 0.1) is 12.3 Å². The molecule has 1 atom stereocenters. The second kappa shape index (κ2) is 6.17. The predicted molar refractivity (Wildman–Crippen MR) is 55.6 cm³/mol. The van der Waals surface area contributed by atoms with Crippen molar-refractivity contribution < 1.29 is 0 Å². The average molecular weight is 192 g/mol. The van der Waals surface area contributed by atoms with Gasteiger partial charge in [0, 0.05) is 12.7 Å². The minimum Gasteiger partial charge on any atom is -0.304 e. The van der Waals surface area contributed by atoms with Crippen molar-refractivity contribution in [2.45, 2.75) is 32.4 Å². The largest absolute Gasteiger partial charge is 0.304 e. The van der Waals surface area contributed by atoms with Gasteiger partial charge in [0.2, 0.25) is 0 Å². The van der Waals surface area contributed by atoms with E-state index in [0.717, 1.165) is 25.9 Å². The first-order valence-corrected chi connectivity index (χ1v) is 4.90. The number of rotatable bonds is 6. The molecule has 0 saturated heterocycles. The number of aromatic nitrogens is 3. The van der Waals surface area contributed by atoms with Gasteiger partial charge in [-0.2, -0.15) is 0 Å². The van der Waals surface area contributed by atoms with E-state index in [1.165, 1.54) is 0 Å². The number of aryl methyl sites for hydroxylation is 1. The molecule has 4 nitrogen and oxygen atoms in total. The topological polar surface area (TPSA) is 42.7 Å². The summed E-state index contributed by atoms with van der Waals surface area (Å²) < 4.78 is 1.82. The first-order valence-electron chi connectivity index (χ1n) is 4.90. The van der Waals surface area contributed by atoms with Crippen LogP contribution in [0.3, 0.4) is 0 Å². The highest BCUT2D eigenvalue weighted by Gasteiger charge is 1.99. The van der Waals surface area contributed by atoms with E-state index in [1.54, 1.807) is 6.20 Å². The SMILES string of the molecule is C#CC(CC)NCCCn1ccnn1. The van der Waals surface area contributed by atoms with Crippen molar-refractivity contribution in [1.29, 1.82) is 0 Å². The number of hydrogen-bond donors (Lipinski definition) is 1. The highest BCUT2D eigenvalue weighted by molar-refractivity contribution is 4.97. The van der Waals surface area contributed by atoms with Crippen LogP contribution >= 0.6 is 0 Å². The second-order valence-electron chi connectivity index (χ2n) is 3.10. The first-order chi connectivity index (χ1) is 6.86. The van der Waals surface area contributed by atoms with Gasteiger partial charge in [0.1, 0.15) is 0 Å². The maximum atomic E-state index is 5.32. The molecule has 76 valence electrons. The quantitative estimate of drug-likeness (QED) is 0.532. The monoisotopic (exact) mass is 192 g/mol. The van der Waals surface area contributed by atoms with Gasteiger partial charge in [-0.05, 0) is 19.4 Å². The third-order valence-corrected chi connectivity index (χ3v) is 2.04. The van der Waals surface area contributed by atoms with Crippen LogP contribution in [0.2, 0.25) is 0 Å². The molecule has 0 saturated carbocycles. The van der Waals surface area contributed by atoms with E-state index < -0.39 is 0 Å². The molecule has 1 N–H and O–H groups in total. The van der Waals surface area contributed by atoms with Crippen LogP contribution in [0.4, 0.5) is 0 Å². The number of nitrogens with zero attached hydrogens (tertiary/aromatic N) is 3. The van der Waals surface area contributed by atoms with Crippen molar-refractivity contribution in [3.8, 4) is 12.3 Å². The third kappa shape index (κ3) is 3.58. The molecule has 0 spiro atoms. The van der Waals surface area contributed by atoms with Crippen LogP contribution in [0.5, 0.6) is 0 Å². The van der Waals surface area contributed by atoms with Crippen LogP contribution in [0.15, 0.2) is 12.4 Å². The van der Waals surface area contributed by atoms with Gasteiger partial charge in [-0.15, -0.1) is 11.5 Å². The Hall–Kier alpha value is -1.34. The molecule has 1 heterocycles. The minimum absolute atomic E-state index is 0.200. The molecular weight excluding hydrogens is 176 g/mol. The molecule has 1 aromatic rings. The lowest BCUT2D eigenvalue weighted by Crippen LogP contribution is -2.28. The fourth-order valence-corrected chi connectivity index (χ4v) is 1.19. The Bertz CT molecular complexity index is 273. The van der Waals surface area contributed by atoms with E-state index in [9.17, 15) is 0 Å². The minimum atomic E-state index is 0.200. The van der Waals surface area contributed by atoms with Crippen molar-refractivity contribution in [3.63, 3.8) is 0 Å². The summed E-state index contributed by atoms with van der Waals surface area (Å²) in [5.74, 6) is 2.70. The van der Waals surface area contributed by atoms with Gasteiger partial charge in [0.25, 0.3) is 0 Å². The fourth-order valence-electron chi connectivity index (χ4n) is 1.19. The van der Waals surface area contributed by atoms with E-state index >= 15 is 0 Å². The van der Waals surface area contributed by atoms with Gasteiger partial charge in [-0.1, -0.05) is 18.1 Å². The summed E-state index contributed by atoms with van der Waals surface area (Å²) in [4.78, 5) is 0. The Balaban J connectivity index is 2.08. The first kappa shape index (κ1) is 10.7. The van der Waals surface area contributed by atoms with Gasteiger partial charge in [0.05, 0.1) is 12.2 Å². The standard InChI is InChI=1S/C10H16N4/c1-3-10(4-2)11-6-5-8-14-9-7-12-13-14/h1,7,9-11H,4-6,8H2,2H3. The van der Waals surface area contributed by atoms with Gasteiger partial charge < -0.3 is 5.32 Å². The van der Waals surface area contributed by atoms with E-state index in [0.29, 0.717) is 0 Å². The van der Waals surface area contributed by atoms with E-state index in [4.69, 9.17) is 6.42 Å². The van der Waals surface area contributed by atoms with Crippen LogP contribution < -0.4 is 5.32 Å². The van der Waals surface area contributed by atoms with Crippen LogP contribution in [-0.4, -0.2) is 27.6 Å². The summed E-state index contributed by atoms with van der Waals surface area (Å²) in [5.41, 5.74) is 0. The Morgan fingerprint density at radius 2 is 2.50 bits per heavy atom. The summed E-state index contributed by atoms with van der Waals surface area (Å²) in [6.07, 6.45) is 10.9. The third-order valence-electron chi connectivity index (χ3n) is 2.04. The van der Waals surface area contributed by atoms with E-state index in [-0.39, 0.29) is 6.04 Å². The summed E-state index contributed by atoms with van der Waals surface area (Å²) in [6.45, 7) is 3.88. The second-order valence-corrected chi connectivity index (χ2v) is 3.10. The lowest BCUT2D eigenvalue weighted by molar-refractivity contribution is 0.508. The summed E-state index contributed by atoms with van der Waals surface area (Å²) in [7, 11) is 0. The molecule has 0 aliphatic heterocycles. The van der Waals surface area contributed by atoms with Gasteiger partial charge in [-0.25, -0.2) is 0 Å². The highest BCUT2D eigenvalue weighted by atomic mass is 15.4. The zero-order valence-corrected chi connectivity index (χ0v) is 8.48. The summed E-state index contributed by atoms with van der Waals surface area (Å²) in [5, 5.41) is 10.9. The molecule has 0 fully saturated rings. The number of terminal acetylenes is 1. The molecule has 0 aliphatic rings. The van der Waals surface area contributed by atoms with E-state index in [1.807, 2.05) is 10.9 Å². The number of nitrogens with one attached hydrogen (secondary N) is 1. The highest BCUT2D eigenvalue weighted by Crippen LogP contribution is 1.90. The molecule has 14 heavy (non-hydrogen) atoms.